The molecule has 1 fully saturated rings. The second-order valence-corrected chi connectivity index (χ2v) is 8.38. The van der Waals surface area contributed by atoms with Crippen LogP contribution in [0.15, 0.2) is 72.3 Å². The van der Waals surface area contributed by atoms with Crippen LogP contribution in [0.25, 0.3) is 5.76 Å². The zero-order chi connectivity index (χ0) is 23.1. The van der Waals surface area contributed by atoms with E-state index < -0.39 is 23.5 Å². The van der Waals surface area contributed by atoms with Gasteiger partial charge in [0.1, 0.15) is 17.3 Å². The Labute approximate surface area is 194 Å². The van der Waals surface area contributed by atoms with Crippen LogP contribution in [0.1, 0.15) is 29.2 Å². The van der Waals surface area contributed by atoms with Gasteiger partial charge in [0.2, 0.25) is 0 Å². The average molecular weight is 464 g/mol. The minimum absolute atomic E-state index is 0.0968. The molecule has 3 aromatic rings. The number of rotatable bonds is 3. The maximum atomic E-state index is 14.9. The van der Waals surface area contributed by atoms with E-state index in [4.69, 9.17) is 16.3 Å². The van der Waals surface area contributed by atoms with Crippen molar-refractivity contribution in [3.63, 3.8) is 0 Å². The summed E-state index contributed by atoms with van der Waals surface area (Å²) in [4.78, 5) is 27.5. The number of amides is 1. The fourth-order valence-electron chi connectivity index (χ4n) is 4.38. The van der Waals surface area contributed by atoms with Crippen LogP contribution in [0, 0.1) is 5.82 Å². The number of halogens is 2. The molecule has 0 spiro atoms. The molecule has 0 saturated carbocycles. The third kappa shape index (κ3) is 3.66. The lowest BCUT2D eigenvalue weighted by molar-refractivity contribution is -0.132. The van der Waals surface area contributed by atoms with E-state index in [1.807, 2.05) is 0 Å². The first-order chi connectivity index (χ1) is 16.0. The average Bonchev–Trinajstić information content (AvgIpc) is 3.09. The lowest BCUT2D eigenvalue weighted by atomic mass is 9.93. The van der Waals surface area contributed by atoms with Crippen molar-refractivity contribution < 1.29 is 23.8 Å². The van der Waals surface area contributed by atoms with Gasteiger partial charge in [-0.15, -0.1) is 0 Å². The molecule has 1 amide bonds. The van der Waals surface area contributed by atoms with Crippen molar-refractivity contribution in [1.29, 1.82) is 0 Å². The number of hydrogen-bond acceptors (Lipinski definition) is 4. The number of carbonyl (C=O) groups is 2. The lowest BCUT2D eigenvalue weighted by Crippen LogP contribution is -2.29. The standard InChI is InChI=1S/C26H19ClFNO4/c27-17-6-3-7-18(14-17)29-23(19-8-1-2-9-20(19)28)22(25(31)26(29)32)24(30)16-10-11-21-15(13-16)5-4-12-33-21/h1-3,6-11,13-14,23,30H,4-5,12H2/b24-22+. The van der Waals surface area contributed by atoms with E-state index in [1.165, 1.54) is 29.2 Å². The number of benzene rings is 3. The Morgan fingerprint density at radius 2 is 1.88 bits per heavy atom. The highest BCUT2D eigenvalue weighted by molar-refractivity contribution is 6.51. The largest absolute Gasteiger partial charge is 0.507 e. The molecule has 5 rings (SSSR count). The van der Waals surface area contributed by atoms with Crippen LogP contribution in [0.3, 0.4) is 0 Å². The zero-order valence-corrected chi connectivity index (χ0v) is 18.2. The molecule has 2 heterocycles. The molecule has 0 radical (unpaired) electrons. The van der Waals surface area contributed by atoms with Crippen molar-refractivity contribution in [2.45, 2.75) is 18.9 Å². The molecule has 33 heavy (non-hydrogen) atoms. The van der Waals surface area contributed by atoms with Crippen molar-refractivity contribution in [3.05, 3.63) is 99.8 Å². The number of aliphatic hydroxyl groups excluding tert-OH is 1. The molecule has 3 aromatic carbocycles. The monoisotopic (exact) mass is 463 g/mol. The van der Waals surface area contributed by atoms with Crippen LogP contribution in [-0.2, 0) is 16.0 Å². The highest BCUT2D eigenvalue weighted by atomic mass is 35.5. The van der Waals surface area contributed by atoms with Crippen molar-refractivity contribution in [2.24, 2.45) is 0 Å². The molecule has 2 aliphatic heterocycles. The minimum atomic E-state index is -1.16. The van der Waals surface area contributed by atoms with Crippen molar-refractivity contribution in [1.82, 2.24) is 0 Å². The summed E-state index contributed by atoms with van der Waals surface area (Å²) in [7, 11) is 0. The summed E-state index contributed by atoms with van der Waals surface area (Å²) in [5.41, 5.74) is 1.51. The summed E-state index contributed by atoms with van der Waals surface area (Å²) in [5, 5.41) is 11.6. The molecule has 1 unspecified atom stereocenters. The van der Waals surface area contributed by atoms with Crippen LogP contribution in [-0.4, -0.2) is 23.4 Å². The number of hydrogen-bond donors (Lipinski definition) is 1. The van der Waals surface area contributed by atoms with Gasteiger partial charge in [0, 0.05) is 21.8 Å². The molecule has 1 N–H and O–H groups in total. The van der Waals surface area contributed by atoms with Crippen LogP contribution >= 0.6 is 11.6 Å². The Morgan fingerprint density at radius 1 is 1.06 bits per heavy atom. The number of carbonyl (C=O) groups excluding carboxylic acids is 2. The Kier molecular flexibility index (Phi) is 5.38. The third-order valence-electron chi connectivity index (χ3n) is 5.91. The zero-order valence-electron chi connectivity index (χ0n) is 17.4. The maximum Gasteiger partial charge on any atom is 0.300 e. The molecule has 2 aliphatic rings. The van der Waals surface area contributed by atoms with E-state index in [-0.39, 0.29) is 16.9 Å². The van der Waals surface area contributed by atoms with Gasteiger partial charge in [0.05, 0.1) is 18.2 Å². The number of aryl methyl sites for hydroxylation is 1. The molecule has 1 saturated heterocycles. The van der Waals surface area contributed by atoms with Gasteiger partial charge in [-0.1, -0.05) is 35.9 Å². The van der Waals surface area contributed by atoms with Crippen LogP contribution < -0.4 is 9.64 Å². The SMILES string of the molecule is O=C1C(=O)N(c2cccc(Cl)c2)C(c2ccccc2F)/C1=C(\O)c1ccc2c(c1)CCCO2. The smallest absolute Gasteiger partial charge is 0.300 e. The summed E-state index contributed by atoms with van der Waals surface area (Å²) in [5.74, 6) is -1.99. The summed E-state index contributed by atoms with van der Waals surface area (Å²) in [6.45, 7) is 0.621. The molecule has 1 atom stereocenters. The number of aliphatic hydroxyl groups is 1. The number of ether oxygens (including phenoxy) is 1. The Morgan fingerprint density at radius 3 is 2.67 bits per heavy atom. The van der Waals surface area contributed by atoms with Gasteiger partial charge < -0.3 is 9.84 Å². The van der Waals surface area contributed by atoms with Crippen molar-refractivity contribution in [2.75, 3.05) is 11.5 Å². The van der Waals surface area contributed by atoms with Gasteiger partial charge in [-0.2, -0.15) is 0 Å². The fourth-order valence-corrected chi connectivity index (χ4v) is 4.56. The van der Waals surface area contributed by atoms with E-state index in [1.54, 1.807) is 42.5 Å². The predicted molar refractivity (Wildman–Crippen MR) is 123 cm³/mol. The van der Waals surface area contributed by atoms with E-state index in [0.717, 1.165) is 24.2 Å². The Balaban J connectivity index is 1.72. The number of nitrogens with zero attached hydrogens (tertiary/aromatic N) is 1. The Bertz CT molecular complexity index is 1320. The Hall–Kier alpha value is -3.64. The van der Waals surface area contributed by atoms with Crippen molar-refractivity contribution in [3.8, 4) is 5.75 Å². The number of anilines is 1. The van der Waals surface area contributed by atoms with E-state index >= 15 is 0 Å². The lowest BCUT2D eigenvalue weighted by Gasteiger charge is -2.26. The normalized spacial score (nSPS) is 19.3. The van der Waals surface area contributed by atoms with Crippen LogP contribution in [0.2, 0.25) is 5.02 Å². The molecular weight excluding hydrogens is 445 g/mol. The van der Waals surface area contributed by atoms with Crippen LogP contribution in [0.5, 0.6) is 5.75 Å². The quantitative estimate of drug-likeness (QED) is 0.319. The predicted octanol–water partition coefficient (Wildman–Crippen LogP) is 5.43. The molecular formula is C26H19ClFNO4. The first-order valence-electron chi connectivity index (χ1n) is 10.5. The van der Waals surface area contributed by atoms with Gasteiger partial charge in [-0.05, 0) is 60.9 Å². The molecule has 0 aromatic heterocycles. The highest BCUT2D eigenvalue weighted by Crippen LogP contribution is 2.43. The summed E-state index contributed by atoms with van der Waals surface area (Å²) >= 11 is 6.12. The topological polar surface area (TPSA) is 66.8 Å². The fraction of sp³-hybridized carbons (Fsp3) is 0.154. The summed E-state index contributed by atoms with van der Waals surface area (Å²) < 4.78 is 20.6. The van der Waals surface area contributed by atoms with Crippen molar-refractivity contribution >= 4 is 34.7 Å². The highest BCUT2D eigenvalue weighted by Gasteiger charge is 2.47. The van der Waals surface area contributed by atoms with Gasteiger partial charge >= 0.3 is 0 Å². The first kappa shape index (κ1) is 21.2. The maximum absolute atomic E-state index is 14.9. The first-order valence-corrected chi connectivity index (χ1v) is 10.9. The molecule has 166 valence electrons. The number of ketones is 1. The van der Waals surface area contributed by atoms with E-state index in [0.29, 0.717) is 22.9 Å². The number of Topliss-reactive ketones (excluding diaryl/α,β-unsaturated/α-hetero) is 1. The number of fused-ring (bicyclic) bond motifs is 1. The molecule has 0 bridgehead atoms. The van der Waals surface area contributed by atoms with E-state index in [2.05, 4.69) is 0 Å². The van der Waals surface area contributed by atoms with Gasteiger partial charge in [0.15, 0.2) is 0 Å². The van der Waals surface area contributed by atoms with Gasteiger partial charge in [-0.3, -0.25) is 14.5 Å². The molecule has 0 aliphatic carbocycles. The van der Waals surface area contributed by atoms with Crippen LogP contribution in [0.4, 0.5) is 10.1 Å². The second-order valence-electron chi connectivity index (χ2n) is 7.94. The van der Waals surface area contributed by atoms with Gasteiger partial charge in [-0.25, -0.2) is 4.39 Å². The minimum Gasteiger partial charge on any atom is -0.507 e. The second kappa shape index (κ2) is 8.37. The van der Waals surface area contributed by atoms with E-state index in [9.17, 15) is 19.1 Å². The van der Waals surface area contributed by atoms with Gasteiger partial charge in [0.25, 0.3) is 11.7 Å². The molecule has 7 heteroatoms. The molecule has 5 nitrogen and oxygen atoms in total. The third-order valence-corrected chi connectivity index (χ3v) is 6.15. The summed E-state index contributed by atoms with van der Waals surface area (Å²) in [6, 6.07) is 16.2. The summed E-state index contributed by atoms with van der Waals surface area (Å²) in [6.07, 6.45) is 1.61.